The monoisotopic (exact) mass is 364 g/mol. The van der Waals surface area contributed by atoms with Gasteiger partial charge in [-0.1, -0.05) is 93.5 Å². The van der Waals surface area contributed by atoms with Crippen molar-refractivity contribution in [3.63, 3.8) is 0 Å². The van der Waals surface area contributed by atoms with E-state index in [0.717, 1.165) is 12.8 Å². The van der Waals surface area contributed by atoms with Crippen LogP contribution < -0.4 is 0 Å². The summed E-state index contributed by atoms with van der Waals surface area (Å²) in [4.78, 5) is 10.9. The van der Waals surface area contributed by atoms with E-state index in [1.165, 1.54) is 64.2 Å². The van der Waals surface area contributed by atoms with Gasteiger partial charge in [-0.2, -0.15) is 0 Å². The number of halogens is 1. The summed E-state index contributed by atoms with van der Waals surface area (Å²) < 4.78 is 4.77. The number of alkyl halides is 1. The van der Waals surface area contributed by atoms with Crippen molar-refractivity contribution < 1.29 is 14.6 Å². The Kier molecular flexibility index (Phi) is 16.2. The summed E-state index contributed by atoms with van der Waals surface area (Å²) in [6.45, 7) is 2.25. The number of aliphatic hydroxyl groups is 1. The second-order valence-corrected chi connectivity index (χ2v) is 6.32. The molecule has 0 aliphatic rings. The van der Waals surface area contributed by atoms with Crippen molar-refractivity contribution >= 4 is 21.9 Å². The maximum atomic E-state index is 10.9. The number of unbranched alkanes of at least 4 members (excludes halogenated alkanes) is 11. The normalized spacial score (nSPS) is 12.3. The highest BCUT2D eigenvalue weighted by Gasteiger charge is 2.08. The lowest BCUT2D eigenvalue weighted by atomic mass is 10.0. The lowest BCUT2D eigenvalue weighted by Gasteiger charge is -2.10. The third-order valence-corrected chi connectivity index (χ3v) is 4.14. The molecule has 0 rings (SSSR count). The maximum absolute atomic E-state index is 10.9. The van der Waals surface area contributed by atoms with Gasteiger partial charge in [-0.25, -0.2) is 0 Å². The fourth-order valence-electron chi connectivity index (χ4n) is 2.40. The van der Waals surface area contributed by atoms with Crippen LogP contribution in [0.5, 0.6) is 0 Å². The molecule has 0 aromatic carbocycles. The summed E-state index contributed by atoms with van der Waals surface area (Å²) in [5.41, 5.74) is 0. The van der Waals surface area contributed by atoms with Crippen LogP contribution in [0.25, 0.3) is 0 Å². The van der Waals surface area contributed by atoms with Gasteiger partial charge in [0.2, 0.25) is 6.29 Å². The van der Waals surface area contributed by atoms with E-state index < -0.39 is 12.3 Å². The molecule has 21 heavy (non-hydrogen) atoms. The van der Waals surface area contributed by atoms with Gasteiger partial charge in [0.1, 0.15) is 5.33 Å². The van der Waals surface area contributed by atoms with E-state index in [2.05, 4.69) is 22.9 Å². The topological polar surface area (TPSA) is 46.5 Å². The second-order valence-electron chi connectivity index (χ2n) is 5.76. The van der Waals surface area contributed by atoms with Gasteiger partial charge < -0.3 is 9.84 Å². The number of ether oxygens (including phenoxy) is 1. The minimum atomic E-state index is -0.932. The van der Waals surface area contributed by atoms with Gasteiger partial charge in [-0.05, 0) is 6.42 Å². The van der Waals surface area contributed by atoms with Crippen LogP contribution in [0.15, 0.2) is 0 Å². The number of esters is 1. The zero-order chi connectivity index (χ0) is 15.8. The summed E-state index contributed by atoms with van der Waals surface area (Å²) in [5.74, 6) is -0.401. The summed E-state index contributed by atoms with van der Waals surface area (Å²) in [6, 6.07) is 0. The van der Waals surface area contributed by atoms with Crippen LogP contribution in [0.3, 0.4) is 0 Å². The van der Waals surface area contributed by atoms with Crippen molar-refractivity contribution in [1.29, 1.82) is 0 Å². The molecule has 0 aliphatic carbocycles. The van der Waals surface area contributed by atoms with Gasteiger partial charge in [0, 0.05) is 6.42 Å². The Hall–Kier alpha value is -0.0900. The molecule has 0 bridgehead atoms. The molecule has 0 spiro atoms. The minimum absolute atomic E-state index is 0.141. The summed E-state index contributed by atoms with van der Waals surface area (Å²) in [5, 5.41) is 9.59. The number of carbonyl (C=O) groups is 1. The molecule has 3 nitrogen and oxygen atoms in total. The molecule has 1 atom stereocenters. The van der Waals surface area contributed by atoms with Crippen LogP contribution in [0.4, 0.5) is 0 Å². The molecule has 0 aliphatic heterocycles. The molecule has 0 saturated carbocycles. The van der Waals surface area contributed by atoms with Gasteiger partial charge >= 0.3 is 5.97 Å². The molecule has 1 N–H and O–H groups in total. The van der Waals surface area contributed by atoms with E-state index in [1.807, 2.05) is 0 Å². The number of hydrogen-bond donors (Lipinski definition) is 1. The number of hydrogen-bond acceptors (Lipinski definition) is 3. The van der Waals surface area contributed by atoms with E-state index in [-0.39, 0.29) is 5.33 Å². The van der Waals surface area contributed by atoms with Crippen molar-refractivity contribution in [2.45, 2.75) is 96.7 Å². The predicted molar refractivity (Wildman–Crippen MR) is 91.6 cm³/mol. The van der Waals surface area contributed by atoms with Crippen LogP contribution in [0, 0.1) is 0 Å². The van der Waals surface area contributed by atoms with E-state index >= 15 is 0 Å². The van der Waals surface area contributed by atoms with Gasteiger partial charge in [0.15, 0.2) is 0 Å². The lowest BCUT2D eigenvalue weighted by molar-refractivity contribution is -0.165. The average Bonchev–Trinajstić information content (AvgIpc) is 2.48. The highest BCUT2D eigenvalue weighted by Crippen LogP contribution is 2.13. The molecule has 126 valence electrons. The first-order chi connectivity index (χ1) is 10.2. The first-order valence-electron chi connectivity index (χ1n) is 8.64. The molecule has 0 saturated heterocycles. The van der Waals surface area contributed by atoms with Crippen LogP contribution in [-0.4, -0.2) is 22.7 Å². The highest BCUT2D eigenvalue weighted by molar-refractivity contribution is 9.09. The van der Waals surface area contributed by atoms with E-state index in [9.17, 15) is 9.90 Å². The fourth-order valence-corrected chi connectivity index (χ4v) is 2.53. The van der Waals surface area contributed by atoms with Gasteiger partial charge in [0.25, 0.3) is 0 Å². The second kappa shape index (κ2) is 16.3. The molecule has 0 radical (unpaired) electrons. The smallest absolute Gasteiger partial charge is 0.318 e. The quantitative estimate of drug-likeness (QED) is 0.185. The Labute approximate surface area is 139 Å². The molecule has 0 aromatic heterocycles. The molecule has 0 aromatic rings. The summed E-state index contributed by atoms with van der Waals surface area (Å²) in [6.07, 6.45) is 15.1. The molecule has 1 unspecified atom stereocenters. The Morgan fingerprint density at radius 3 is 1.76 bits per heavy atom. The van der Waals surface area contributed by atoms with E-state index in [1.54, 1.807) is 0 Å². The summed E-state index contributed by atoms with van der Waals surface area (Å²) >= 11 is 3.00. The molecule has 0 fully saturated rings. The lowest BCUT2D eigenvalue weighted by Crippen LogP contribution is -2.18. The maximum Gasteiger partial charge on any atom is 0.318 e. The zero-order valence-corrected chi connectivity index (χ0v) is 15.2. The number of rotatable bonds is 15. The van der Waals surface area contributed by atoms with Crippen molar-refractivity contribution in [2.24, 2.45) is 0 Å². The summed E-state index contributed by atoms with van der Waals surface area (Å²) in [7, 11) is 0. The van der Waals surface area contributed by atoms with E-state index in [4.69, 9.17) is 4.74 Å². The third kappa shape index (κ3) is 16.1. The molecular weight excluding hydrogens is 332 g/mol. The van der Waals surface area contributed by atoms with Gasteiger partial charge in [-0.15, -0.1) is 0 Å². The third-order valence-electron chi connectivity index (χ3n) is 3.68. The van der Waals surface area contributed by atoms with Crippen molar-refractivity contribution in [2.75, 3.05) is 5.33 Å². The standard InChI is InChI=1S/C17H33BrO3/c1-2-3-4-5-6-7-8-9-10-11-12-13-14-16(19)21-17(20)15-18/h16,19H,2-15H2,1H3. The SMILES string of the molecule is CCCCCCCCCCCCCCC(O)OC(=O)CBr. The molecule has 0 heterocycles. The largest absolute Gasteiger partial charge is 0.435 e. The molecule has 4 heteroatoms. The Bertz CT molecular complexity index is 234. The predicted octanol–water partition coefficient (Wildman–Crippen LogP) is 5.33. The number of aliphatic hydroxyl groups excluding tert-OH is 1. The van der Waals surface area contributed by atoms with Crippen molar-refractivity contribution in [1.82, 2.24) is 0 Å². The number of carbonyl (C=O) groups excluding carboxylic acids is 1. The first kappa shape index (κ1) is 20.9. The van der Waals surface area contributed by atoms with Crippen LogP contribution in [-0.2, 0) is 9.53 Å². The van der Waals surface area contributed by atoms with Crippen molar-refractivity contribution in [3.8, 4) is 0 Å². The first-order valence-corrected chi connectivity index (χ1v) is 9.76. The van der Waals surface area contributed by atoms with Crippen LogP contribution in [0.2, 0.25) is 0 Å². The van der Waals surface area contributed by atoms with Crippen molar-refractivity contribution in [3.05, 3.63) is 0 Å². The van der Waals surface area contributed by atoms with Crippen LogP contribution >= 0.6 is 15.9 Å². The Morgan fingerprint density at radius 2 is 1.33 bits per heavy atom. The average molecular weight is 365 g/mol. The van der Waals surface area contributed by atoms with Gasteiger partial charge in [-0.3, -0.25) is 4.79 Å². The van der Waals surface area contributed by atoms with Gasteiger partial charge in [0.05, 0.1) is 0 Å². The van der Waals surface area contributed by atoms with E-state index in [0.29, 0.717) is 6.42 Å². The molecular formula is C17H33BrO3. The Balaban J connectivity index is 3.13. The Morgan fingerprint density at radius 1 is 0.905 bits per heavy atom. The molecule has 0 amide bonds. The fraction of sp³-hybridized carbons (Fsp3) is 0.941. The van der Waals surface area contributed by atoms with Crippen LogP contribution in [0.1, 0.15) is 90.4 Å². The minimum Gasteiger partial charge on any atom is -0.435 e. The highest BCUT2D eigenvalue weighted by atomic mass is 79.9. The zero-order valence-electron chi connectivity index (χ0n) is 13.6.